The molecule has 0 saturated heterocycles. The fourth-order valence-corrected chi connectivity index (χ4v) is 1.46. The van der Waals surface area contributed by atoms with Gasteiger partial charge in [-0.1, -0.05) is 0 Å². The highest BCUT2D eigenvalue weighted by Gasteiger charge is 2.05. The van der Waals surface area contributed by atoms with Gasteiger partial charge < -0.3 is 0 Å². The second-order valence-corrected chi connectivity index (χ2v) is 3.62. The maximum Gasteiger partial charge on any atom is 0.286 e. The molecule has 0 aliphatic rings. The van der Waals surface area contributed by atoms with Gasteiger partial charge in [0.1, 0.15) is 13.1 Å². The molecule has 2 heterocycles. The second kappa shape index (κ2) is 4.60. The largest absolute Gasteiger partial charge is 0.289 e. The van der Waals surface area contributed by atoms with E-state index >= 15 is 0 Å². The molecule has 0 amide bonds. The lowest BCUT2D eigenvalue weighted by Gasteiger charge is -1.93. The Hall–Kier alpha value is -2.12. The van der Waals surface area contributed by atoms with Crippen molar-refractivity contribution in [3.8, 4) is 0 Å². The summed E-state index contributed by atoms with van der Waals surface area (Å²) in [5.74, 6) is 11.0. The van der Waals surface area contributed by atoms with Crippen molar-refractivity contribution in [2.75, 3.05) is 11.7 Å². The van der Waals surface area contributed by atoms with E-state index in [-0.39, 0.29) is 0 Å². The molecule has 0 fully saturated rings. The van der Waals surface area contributed by atoms with Crippen LogP contribution in [-0.2, 0) is 13.1 Å². The Labute approximate surface area is 92.6 Å². The van der Waals surface area contributed by atoms with Crippen LogP contribution >= 0.6 is 0 Å². The molecule has 8 heteroatoms. The van der Waals surface area contributed by atoms with E-state index in [9.17, 15) is 0 Å². The number of unbranched alkanes of at least 4 members (excludes halogenated alkanes) is 1. The van der Waals surface area contributed by atoms with E-state index in [4.69, 9.17) is 11.7 Å². The van der Waals surface area contributed by atoms with Gasteiger partial charge in [0.25, 0.3) is 12.7 Å². The Morgan fingerprint density at radius 2 is 1.31 bits per heavy atom. The van der Waals surface area contributed by atoms with Crippen LogP contribution in [0.15, 0.2) is 25.3 Å². The highest BCUT2D eigenvalue weighted by Crippen LogP contribution is 1.94. The predicted octanol–water partition coefficient (Wildman–Crippen LogP) is -2.44. The van der Waals surface area contributed by atoms with E-state index in [2.05, 4.69) is 10.2 Å². The van der Waals surface area contributed by atoms with Crippen molar-refractivity contribution in [3.63, 3.8) is 0 Å². The summed E-state index contributed by atoms with van der Waals surface area (Å²) in [7, 11) is 0. The van der Waals surface area contributed by atoms with E-state index in [0.717, 1.165) is 25.9 Å². The van der Waals surface area contributed by atoms with Gasteiger partial charge in [0.05, 0.1) is 0 Å². The summed E-state index contributed by atoms with van der Waals surface area (Å²) in [6, 6.07) is 0. The highest BCUT2D eigenvalue weighted by atomic mass is 15.4. The summed E-state index contributed by atoms with van der Waals surface area (Å²) in [6.07, 6.45) is 8.69. The molecule has 0 spiro atoms. The number of aromatic nitrogens is 6. The maximum absolute atomic E-state index is 5.48. The molecule has 0 aliphatic heterocycles. The smallest absolute Gasteiger partial charge is 0.286 e. The monoisotopic (exact) mass is 224 g/mol. The van der Waals surface area contributed by atoms with Crippen LogP contribution < -0.4 is 21.0 Å². The zero-order chi connectivity index (χ0) is 11.4. The average Bonchev–Trinajstić information content (AvgIpc) is 2.83. The first-order valence-corrected chi connectivity index (χ1v) is 5.11. The number of hydrogen-bond acceptors (Lipinski definition) is 4. The number of rotatable bonds is 5. The third-order valence-corrected chi connectivity index (χ3v) is 2.22. The second-order valence-electron chi connectivity index (χ2n) is 3.62. The third kappa shape index (κ3) is 2.69. The van der Waals surface area contributed by atoms with Crippen molar-refractivity contribution in [2.45, 2.75) is 25.9 Å². The topological polar surface area (TPSA) is 95.4 Å². The Balaban J connectivity index is 1.69. The van der Waals surface area contributed by atoms with Crippen molar-refractivity contribution < 1.29 is 9.35 Å². The summed E-state index contributed by atoms with van der Waals surface area (Å²) < 4.78 is 6.49. The molecule has 0 aliphatic carbocycles. The van der Waals surface area contributed by atoms with Gasteiger partial charge in [0, 0.05) is 10.2 Å². The van der Waals surface area contributed by atoms with Crippen LogP contribution in [0.25, 0.3) is 0 Å². The van der Waals surface area contributed by atoms with Crippen LogP contribution in [-0.4, -0.2) is 19.6 Å². The van der Waals surface area contributed by atoms with Crippen LogP contribution in [0.1, 0.15) is 12.8 Å². The van der Waals surface area contributed by atoms with Crippen molar-refractivity contribution in [3.05, 3.63) is 25.3 Å². The molecule has 2 rings (SSSR count). The lowest BCUT2D eigenvalue weighted by Crippen LogP contribution is -2.42. The number of hydrogen-bond donors (Lipinski definition) is 2. The maximum atomic E-state index is 5.48. The van der Waals surface area contributed by atoms with Gasteiger partial charge in [-0.3, -0.25) is 11.7 Å². The van der Waals surface area contributed by atoms with Gasteiger partial charge in [-0.05, 0) is 12.8 Å². The first kappa shape index (κ1) is 10.4. The van der Waals surface area contributed by atoms with Crippen molar-refractivity contribution in [1.82, 2.24) is 19.6 Å². The zero-order valence-corrected chi connectivity index (χ0v) is 8.98. The van der Waals surface area contributed by atoms with Crippen molar-refractivity contribution in [1.29, 1.82) is 0 Å². The molecule has 2 aromatic heterocycles. The van der Waals surface area contributed by atoms with Gasteiger partial charge >= 0.3 is 0 Å². The minimum atomic E-state index is 0.855. The van der Waals surface area contributed by atoms with Gasteiger partial charge in [0.15, 0.2) is 0 Å². The number of nitrogen functional groups attached to an aromatic ring is 2. The SMILES string of the molecule is N[n+]1cnn(CCCCn2c[n+](N)cn2)c1. The summed E-state index contributed by atoms with van der Waals surface area (Å²) in [4.78, 5) is 0. The lowest BCUT2D eigenvalue weighted by molar-refractivity contribution is -0.639. The third-order valence-electron chi connectivity index (χ3n) is 2.22. The molecule has 0 aromatic carbocycles. The molecule has 8 nitrogen and oxygen atoms in total. The molecule has 0 atom stereocenters. The molecule has 0 bridgehead atoms. The first-order chi connectivity index (χ1) is 7.74. The van der Waals surface area contributed by atoms with Crippen LogP contribution in [0, 0.1) is 0 Å². The summed E-state index contributed by atoms with van der Waals surface area (Å²) in [5.41, 5.74) is 0. The lowest BCUT2D eigenvalue weighted by atomic mass is 10.3. The minimum absolute atomic E-state index is 0.855. The van der Waals surface area contributed by atoms with E-state index in [1.807, 2.05) is 9.36 Å². The van der Waals surface area contributed by atoms with Crippen molar-refractivity contribution in [2.24, 2.45) is 0 Å². The molecule has 2 aromatic rings. The molecule has 86 valence electrons. The fourth-order valence-electron chi connectivity index (χ4n) is 1.46. The van der Waals surface area contributed by atoms with Crippen LogP contribution in [0.3, 0.4) is 0 Å². The van der Waals surface area contributed by atoms with Gasteiger partial charge in [-0.2, -0.15) is 0 Å². The van der Waals surface area contributed by atoms with E-state index in [1.165, 1.54) is 9.35 Å². The zero-order valence-electron chi connectivity index (χ0n) is 8.98. The van der Waals surface area contributed by atoms with Gasteiger partial charge in [-0.25, -0.2) is 0 Å². The molecule has 4 N–H and O–H groups in total. The Morgan fingerprint density at radius 3 is 1.62 bits per heavy atom. The van der Waals surface area contributed by atoms with E-state index < -0.39 is 0 Å². The summed E-state index contributed by atoms with van der Waals surface area (Å²) in [6.45, 7) is 1.71. The number of aryl methyl sites for hydroxylation is 2. The first-order valence-electron chi connectivity index (χ1n) is 5.11. The van der Waals surface area contributed by atoms with E-state index in [1.54, 1.807) is 25.3 Å². The van der Waals surface area contributed by atoms with Crippen LogP contribution in [0.4, 0.5) is 0 Å². The quantitative estimate of drug-likeness (QED) is 0.335. The highest BCUT2D eigenvalue weighted by molar-refractivity contribution is 4.50. The molecular weight excluding hydrogens is 208 g/mol. The predicted molar refractivity (Wildman–Crippen MR) is 54.4 cm³/mol. The standard InChI is InChI=1S/C8H16N8/c9-13-5-11-15(7-13)3-1-2-4-16-8-14(10)6-12-16/h5-8H,1-4,9-10H2/q+2. The van der Waals surface area contributed by atoms with Gasteiger partial charge in [-0.15, -0.1) is 18.7 Å². The average molecular weight is 224 g/mol. The Morgan fingerprint density at radius 1 is 0.875 bits per heavy atom. The Bertz CT molecular complexity index is 402. The van der Waals surface area contributed by atoms with Crippen molar-refractivity contribution >= 4 is 0 Å². The molecule has 0 unspecified atom stereocenters. The molecule has 0 saturated carbocycles. The molecule has 16 heavy (non-hydrogen) atoms. The number of nitrogens with zero attached hydrogens (tertiary/aromatic N) is 6. The fraction of sp³-hybridized carbons (Fsp3) is 0.500. The minimum Gasteiger partial charge on any atom is -0.289 e. The van der Waals surface area contributed by atoms with Crippen LogP contribution in [0.5, 0.6) is 0 Å². The molecular formula is C8H16N8+2. The Kier molecular flexibility index (Phi) is 2.99. The normalized spacial score (nSPS) is 10.8. The molecule has 0 radical (unpaired) electrons. The summed E-state index contributed by atoms with van der Waals surface area (Å²) >= 11 is 0. The van der Waals surface area contributed by atoms with E-state index in [0.29, 0.717) is 0 Å². The summed E-state index contributed by atoms with van der Waals surface area (Å²) in [5, 5.41) is 8.15. The number of nitrogens with two attached hydrogens (primary N) is 2. The van der Waals surface area contributed by atoms with Crippen LogP contribution in [0.2, 0.25) is 0 Å². The van der Waals surface area contributed by atoms with Gasteiger partial charge in [0.2, 0.25) is 12.7 Å².